The van der Waals surface area contributed by atoms with Gasteiger partial charge in [0.25, 0.3) is 5.56 Å². The molecule has 7 heteroatoms. The molecule has 0 bridgehead atoms. The van der Waals surface area contributed by atoms with Crippen LogP contribution in [0.15, 0.2) is 16.9 Å². The third-order valence-corrected chi connectivity index (χ3v) is 4.56. The SMILES string of the molecule is CCCCCn1c(C(=O)OC)c(OC)c2cc(Cl)c(Cl)cc2c1=O. The molecule has 5 nitrogen and oxygen atoms in total. The van der Waals surface area contributed by atoms with Gasteiger partial charge in [0.1, 0.15) is 0 Å². The third kappa shape index (κ3) is 3.37. The van der Waals surface area contributed by atoms with Gasteiger partial charge in [-0.05, 0) is 18.6 Å². The number of ether oxygens (including phenoxy) is 2. The van der Waals surface area contributed by atoms with Gasteiger partial charge in [-0.2, -0.15) is 0 Å². The average molecular weight is 372 g/mol. The van der Waals surface area contributed by atoms with Crippen LogP contribution in [0.2, 0.25) is 10.0 Å². The first-order chi connectivity index (χ1) is 11.5. The normalized spacial score (nSPS) is 10.9. The van der Waals surface area contributed by atoms with Crippen LogP contribution in [0.4, 0.5) is 0 Å². The van der Waals surface area contributed by atoms with Crippen LogP contribution >= 0.6 is 23.2 Å². The van der Waals surface area contributed by atoms with Crippen molar-refractivity contribution in [3.05, 3.63) is 38.2 Å². The summed E-state index contributed by atoms with van der Waals surface area (Å²) < 4.78 is 11.7. The number of carbonyl (C=O) groups excluding carboxylic acids is 1. The summed E-state index contributed by atoms with van der Waals surface area (Å²) in [4.78, 5) is 25.2. The van der Waals surface area contributed by atoms with E-state index in [4.69, 9.17) is 32.7 Å². The van der Waals surface area contributed by atoms with Gasteiger partial charge in [0.05, 0.1) is 29.7 Å². The second-order valence-electron chi connectivity index (χ2n) is 5.35. The van der Waals surface area contributed by atoms with E-state index >= 15 is 0 Å². The van der Waals surface area contributed by atoms with Crippen molar-refractivity contribution in [3.63, 3.8) is 0 Å². The van der Waals surface area contributed by atoms with E-state index < -0.39 is 5.97 Å². The highest BCUT2D eigenvalue weighted by Gasteiger charge is 2.24. The molecule has 0 saturated heterocycles. The molecule has 24 heavy (non-hydrogen) atoms. The molecule has 0 aliphatic rings. The lowest BCUT2D eigenvalue weighted by Gasteiger charge is -2.17. The minimum atomic E-state index is -0.631. The number of esters is 1. The van der Waals surface area contributed by atoms with Gasteiger partial charge in [-0.15, -0.1) is 0 Å². The van der Waals surface area contributed by atoms with Crippen LogP contribution in [0.5, 0.6) is 5.75 Å². The summed E-state index contributed by atoms with van der Waals surface area (Å²) in [6, 6.07) is 3.03. The molecule has 0 spiro atoms. The fourth-order valence-corrected chi connectivity index (χ4v) is 2.98. The van der Waals surface area contributed by atoms with Gasteiger partial charge in [0, 0.05) is 11.9 Å². The van der Waals surface area contributed by atoms with E-state index in [1.165, 1.54) is 30.9 Å². The Hall–Kier alpha value is -1.72. The Morgan fingerprint density at radius 1 is 1.12 bits per heavy atom. The lowest BCUT2D eigenvalue weighted by molar-refractivity contribution is 0.0582. The number of hydrogen-bond donors (Lipinski definition) is 0. The van der Waals surface area contributed by atoms with Gasteiger partial charge >= 0.3 is 5.97 Å². The summed E-state index contributed by atoms with van der Waals surface area (Å²) in [5, 5.41) is 1.34. The van der Waals surface area contributed by atoms with Crippen LogP contribution in [0.3, 0.4) is 0 Å². The zero-order valence-electron chi connectivity index (χ0n) is 13.8. The van der Waals surface area contributed by atoms with Crippen molar-refractivity contribution >= 4 is 39.9 Å². The fraction of sp³-hybridized carbons (Fsp3) is 0.412. The number of pyridine rings is 1. The van der Waals surface area contributed by atoms with Crippen molar-refractivity contribution in [2.24, 2.45) is 0 Å². The second-order valence-corrected chi connectivity index (χ2v) is 6.16. The minimum absolute atomic E-state index is 0.0898. The minimum Gasteiger partial charge on any atom is -0.494 e. The Bertz CT molecular complexity index is 830. The number of benzene rings is 1. The number of rotatable bonds is 6. The number of methoxy groups -OCH3 is 2. The Kier molecular flexibility index (Phi) is 6.13. The molecule has 0 saturated carbocycles. The number of unbranched alkanes of at least 4 members (excludes halogenated alkanes) is 2. The van der Waals surface area contributed by atoms with E-state index in [0.717, 1.165) is 19.3 Å². The molecule has 0 N–H and O–H groups in total. The average Bonchev–Trinajstić information content (AvgIpc) is 2.57. The number of aromatic nitrogens is 1. The molecule has 0 radical (unpaired) electrons. The van der Waals surface area contributed by atoms with Gasteiger partial charge in [0.2, 0.25) is 0 Å². The number of halogens is 2. The maximum absolute atomic E-state index is 12.9. The molecule has 2 rings (SSSR count). The van der Waals surface area contributed by atoms with Crippen LogP contribution in [0.25, 0.3) is 10.8 Å². The molecule has 0 fully saturated rings. The first-order valence-corrected chi connectivity index (χ1v) is 8.39. The smallest absolute Gasteiger partial charge is 0.358 e. The topological polar surface area (TPSA) is 57.5 Å². The van der Waals surface area contributed by atoms with Gasteiger partial charge in [0.15, 0.2) is 11.4 Å². The lowest BCUT2D eigenvalue weighted by atomic mass is 10.1. The van der Waals surface area contributed by atoms with Crippen molar-refractivity contribution in [3.8, 4) is 5.75 Å². The van der Waals surface area contributed by atoms with E-state index in [-0.39, 0.29) is 27.0 Å². The first-order valence-electron chi connectivity index (χ1n) is 7.64. The summed E-state index contributed by atoms with van der Waals surface area (Å²) >= 11 is 12.1. The molecular weight excluding hydrogens is 353 g/mol. The van der Waals surface area contributed by atoms with Gasteiger partial charge in [-0.25, -0.2) is 4.79 Å². The largest absolute Gasteiger partial charge is 0.494 e. The van der Waals surface area contributed by atoms with Gasteiger partial charge in [-0.3, -0.25) is 9.36 Å². The Balaban J connectivity index is 2.85. The van der Waals surface area contributed by atoms with E-state index in [9.17, 15) is 9.59 Å². The van der Waals surface area contributed by atoms with E-state index in [1.807, 2.05) is 0 Å². The highest BCUT2D eigenvalue weighted by Crippen LogP contribution is 2.34. The summed E-state index contributed by atoms with van der Waals surface area (Å²) in [5.41, 5.74) is -0.229. The van der Waals surface area contributed by atoms with Crippen LogP contribution in [-0.2, 0) is 11.3 Å². The first kappa shape index (κ1) is 18.6. The van der Waals surface area contributed by atoms with Crippen molar-refractivity contribution in [2.45, 2.75) is 32.7 Å². The molecule has 1 heterocycles. The summed E-state index contributed by atoms with van der Waals surface area (Å²) in [7, 11) is 2.70. The predicted molar refractivity (Wildman–Crippen MR) is 95.6 cm³/mol. The highest BCUT2D eigenvalue weighted by atomic mass is 35.5. The highest BCUT2D eigenvalue weighted by molar-refractivity contribution is 6.42. The van der Waals surface area contributed by atoms with Crippen molar-refractivity contribution < 1.29 is 14.3 Å². The maximum Gasteiger partial charge on any atom is 0.358 e. The molecule has 2 aromatic rings. The molecule has 1 aromatic carbocycles. The van der Waals surface area contributed by atoms with Crippen LogP contribution in [0.1, 0.15) is 36.7 Å². The standard InChI is InChI=1S/C17H19Cl2NO4/c1-4-5-6-7-20-14(17(22)24-3)15(23-2)10-8-12(18)13(19)9-11(10)16(20)21/h8-9H,4-7H2,1-3H3. The van der Waals surface area contributed by atoms with Gasteiger partial charge < -0.3 is 9.47 Å². The number of nitrogens with zero attached hydrogens (tertiary/aromatic N) is 1. The van der Waals surface area contributed by atoms with E-state index in [0.29, 0.717) is 17.3 Å². The maximum atomic E-state index is 12.9. The van der Waals surface area contributed by atoms with Crippen molar-refractivity contribution in [1.82, 2.24) is 4.57 Å². The van der Waals surface area contributed by atoms with Crippen molar-refractivity contribution in [1.29, 1.82) is 0 Å². The molecule has 130 valence electrons. The number of fused-ring (bicyclic) bond motifs is 1. The summed E-state index contributed by atoms with van der Waals surface area (Å²) in [5.74, 6) is -0.375. The summed E-state index contributed by atoms with van der Waals surface area (Å²) in [6.07, 6.45) is 2.69. The lowest BCUT2D eigenvalue weighted by Crippen LogP contribution is -2.28. The zero-order chi connectivity index (χ0) is 17.9. The third-order valence-electron chi connectivity index (χ3n) is 3.83. The Morgan fingerprint density at radius 2 is 1.75 bits per heavy atom. The van der Waals surface area contributed by atoms with E-state index in [2.05, 4.69) is 6.92 Å². The molecule has 0 aliphatic heterocycles. The molecule has 1 aromatic heterocycles. The van der Waals surface area contributed by atoms with Crippen LogP contribution < -0.4 is 10.3 Å². The molecule has 0 amide bonds. The number of hydrogen-bond acceptors (Lipinski definition) is 4. The monoisotopic (exact) mass is 371 g/mol. The zero-order valence-corrected chi connectivity index (χ0v) is 15.3. The van der Waals surface area contributed by atoms with Crippen LogP contribution in [0, 0.1) is 0 Å². The molecule has 0 unspecified atom stereocenters. The summed E-state index contributed by atoms with van der Waals surface area (Å²) in [6.45, 7) is 2.45. The van der Waals surface area contributed by atoms with Crippen LogP contribution in [-0.4, -0.2) is 24.8 Å². The fourth-order valence-electron chi connectivity index (χ4n) is 2.65. The number of carbonyl (C=O) groups is 1. The Morgan fingerprint density at radius 3 is 2.29 bits per heavy atom. The molecule has 0 aliphatic carbocycles. The second kappa shape index (κ2) is 7.90. The molecule has 0 atom stereocenters. The van der Waals surface area contributed by atoms with Gasteiger partial charge in [-0.1, -0.05) is 43.0 Å². The predicted octanol–water partition coefficient (Wildman–Crippen LogP) is 4.29. The van der Waals surface area contributed by atoms with E-state index in [1.54, 1.807) is 0 Å². The quantitative estimate of drug-likeness (QED) is 0.561. The Labute approximate surface area is 150 Å². The molecular formula is C17H19Cl2NO4. The van der Waals surface area contributed by atoms with Crippen molar-refractivity contribution in [2.75, 3.05) is 14.2 Å².